The van der Waals surface area contributed by atoms with E-state index >= 15 is 0 Å². The van der Waals surface area contributed by atoms with Crippen molar-refractivity contribution in [2.75, 3.05) is 13.1 Å². The van der Waals surface area contributed by atoms with Crippen molar-refractivity contribution in [2.45, 2.75) is 19.4 Å². The normalized spacial score (nSPS) is 15.8. The third kappa shape index (κ3) is 3.83. The molecule has 3 aromatic rings. The van der Waals surface area contributed by atoms with Crippen molar-refractivity contribution in [3.8, 4) is 28.3 Å². The molecule has 0 aliphatic carbocycles. The Kier molecular flexibility index (Phi) is 5.35. The van der Waals surface area contributed by atoms with Gasteiger partial charge in [-0.25, -0.2) is 4.39 Å². The summed E-state index contributed by atoms with van der Waals surface area (Å²) in [4.78, 5) is 14.7. The van der Waals surface area contributed by atoms with Gasteiger partial charge in [0.2, 0.25) is 0 Å². The highest BCUT2D eigenvalue weighted by atomic mass is 19.1. The number of rotatable bonds is 3. The quantitative estimate of drug-likeness (QED) is 0.704. The van der Waals surface area contributed by atoms with Crippen LogP contribution >= 0.6 is 0 Å². The minimum Gasteiger partial charge on any atom is -0.337 e. The van der Waals surface area contributed by atoms with Gasteiger partial charge >= 0.3 is 0 Å². The van der Waals surface area contributed by atoms with Gasteiger partial charge < -0.3 is 10.6 Å². The second-order valence-corrected chi connectivity index (χ2v) is 7.73. The Hall–Kier alpha value is -3.49. The molecule has 0 bridgehead atoms. The summed E-state index contributed by atoms with van der Waals surface area (Å²) in [5, 5.41) is 9.05. The number of hydrogen-bond acceptors (Lipinski definition) is 3. The SMILES string of the molecule is Cc1ccc(-c2ccc(C(=O)N3CC[C@H](N)C3)cc2-c2ccc(C#N)c(F)c2)cc1. The lowest BCUT2D eigenvalue weighted by atomic mass is 9.91. The van der Waals surface area contributed by atoms with Crippen LogP contribution in [0.2, 0.25) is 0 Å². The van der Waals surface area contributed by atoms with Crippen molar-refractivity contribution < 1.29 is 9.18 Å². The molecule has 0 aromatic heterocycles. The summed E-state index contributed by atoms with van der Waals surface area (Å²) in [7, 11) is 0. The van der Waals surface area contributed by atoms with Crippen molar-refractivity contribution in [1.29, 1.82) is 5.26 Å². The number of nitrogens with zero attached hydrogens (tertiary/aromatic N) is 2. The first-order valence-corrected chi connectivity index (χ1v) is 9.92. The van der Waals surface area contributed by atoms with Gasteiger partial charge in [-0.15, -0.1) is 0 Å². The first-order chi connectivity index (χ1) is 14.5. The predicted octanol–water partition coefficient (Wildman–Crippen LogP) is 4.51. The van der Waals surface area contributed by atoms with E-state index in [2.05, 4.69) is 0 Å². The Morgan fingerprint density at radius 1 is 1.07 bits per heavy atom. The molecule has 5 heteroatoms. The lowest BCUT2D eigenvalue weighted by Crippen LogP contribution is -2.31. The molecule has 1 atom stereocenters. The highest BCUT2D eigenvalue weighted by Gasteiger charge is 2.25. The third-order valence-corrected chi connectivity index (χ3v) is 5.54. The molecule has 0 saturated carbocycles. The Balaban J connectivity index is 1.83. The molecule has 2 N–H and O–H groups in total. The van der Waals surface area contributed by atoms with E-state index in [9.17, 15) is 9.18 Å². The van der Waals surface area contributed by atoms with Crippen LogP contribution in [-0.2, 0) is 0 Å². The van der Waals surface area contributed by atoms with E-state index in [1.54, 1.807) is 11.0 Å². The zero-order chi connectivity index (χ0) is 21.3. The fourth-order valence-electron chi connectivity index (χ4n) is 3.83. The summed E-state index contributed by atoms with van der Waals surface area (Å²) >= 11 is 0. The maximum absolute atomic E-state index is 14.4. The van der Waals surface area contributed by atoms with E-state index in [0.29, 0.717) is 24.2 Å². The van der Waals surface area contributed by atoms with Crippen LogP contribution in [0.25, 0.3) is 22.3 Å². The van der Waals surface area contributed by atoms with Crippen molar-refractivity contribution in [1.82, 2.24) is 4.90 Å². The monoisotopic (exact) mass is 399 g/mol. The molecule has 0 unspecified atom stereocenters. The van der Waals surface area contributed by atoms with Crippen molar-refractivity contribution in [3.63, 3.8) is 0 Å². The van der Waals surface area contributed by atoms with Gasteiger partial charge in [0.1, 0.15) is 11.9 Å². The number of amides is 1. The number of nitriles is 1. The number of aryl methyl sites for hydroxylation is 1. The summed E-state index contributed by atoms with van der Waals surface area (Å²) in [6.07, 6.45) is 0.793. The van der Waals surface area contributed by atoms with Crippen LogP contribution in [0.5, 0.6) is 0 Å². The van der Waals surface area contributed by atoms with Crippen LogP contribution in [0.4, 0.5) is 4.39 Å². The van der Waals surface area contributed by atoms with E-state index in [-0.39, 0.29) is 17.5 Å². The van der Waals surface area contributed by atoms with Gasteiger partial charge in [0.05, 0.1) is 5.56 Å². The number of carbonyl (C=O) groups excluding carboxylic acids is 1. The number of carbonyl (C=O) groups is 1. The van der Waals surface area contributed by atoms with Crippen LogP contribution < -0.4 is 5.73 Å². The molecule has 4 rings (SSSR count). The van der Waals surface area contributed by atoms with Gasteiger partial charge in [-0.1, -0.05) is 42.0 Å². The smallest absolute Gasteiger partial charge is 0.253 e. The lowest BCUT2D eigenvalue weighted by molar-refractivity contribution is 0.0791. The average molecular weight is 399 g/mol. The van der Waals surface area contributed by atoms with Crippen molar-refractivity contribution >= 4 is 5.91 Å². The number of likely N-dealkylation sites (tertiary alicyclic amines) is 1. The van der Waals surface area contributed by atoms with E-state index in [1.807, 2.05) is 55.5 Å². The van der Waals surface area contributed by atoms with Gasteiger partial charge in [-0.3, -0.25) is 4.79 Å². The zero-order valence-electron chi connectivity index (χ0n) is 16.7. The Morgan fingerprint density at radius 2 is 1.80 bits per heavy atom. The minimum atomic E-state index is -0.577. The standard InChI is InChI=1S/C25H22FN3O/c1-16-2-4-17(5-3-16)22-9-8-19(25(30)29-11-10-21(28)15-29)12-23(22)18-6-7-20(14-27)24(26)13-18/h2-9,12-13,21H,10-11,15,28H2,1H3/t21-/m0/s1. The van der Waals surface area contributed by atoms with Gasteiger partial charge in [0.25, 0.3) is 5.91 Å². The average Bonchev–Trinajstić information content (AvgIpc) is 3.19. The molecule has 3 aromatic carbocycles. The van der Waals surface area contributed by atoms with Gasteiger partial charge in [0, 0.05) is 24.7 Å². The predicted molar refractivity (Wildman–Crippen MR) is 115 cm³/mol. The summed E-state index contributed by atoms with van der Waals surface area (Å²) in [5.74, 6) is -0.652. The molecule has 0 radical (unpaired) electrons. The first-order valence-electron chi connectivity index (χ1n) is 9.92. The molecule has 1 fully saturated rings. The fourth-order valence-corrected chi connectivity index (χ4v) is 3.83. The van der Waals surface area contributed by atoms with Crippen LogP contribution in [0.15, 0.2) is 60.7 Å². The van der Waals surface area contributed by atoms with Gasteiger partial charge in [-0.05, 0) is 59.9 Å². The van der Waals surface area contributed by atoms with Gasteiger partial charge in [-0.2, -0.15) is 5.26 Å². The largest absolute Gasteiger partial charge is 0.337 e. The van der Waals surface area contributed by atoms with Crippen LogP contribution in [-0.4, -0.2) is 29.9 Å². The molecule has 1 aliphatic heterocycles. The number of hydrogen-bond donors (Lipinski definition) is 1. The molecule has 4 nitrogen and oxygen atoms in total. The van der Waals surface area contributed by atoms with Crippen molar-refractivity contribution in [2.24, 2.45) is 5.73 Å². The molecule has 1 saturated heterocycles. The fraction of sp³-hybridized carbons (Fsp3) is 0.200. The van der Waals surface area contributed by atoms with Crippen LogP contribution in [0.1, 0.15) is 27.9 Å². The number of benzene rings is 3. The highest BCUT2D eigenvalue weighted by molar-refractivity contribution is 5.98. The van der Waals surface area contributed by atoms with Crippen LogP contribution in [0, 0.1) is 24.1 Å². The second kappa shape index (κ2) is 8.10. The molecule has 1 amide bonds. The maximum Gasteiger partial charge on any atom is 0.253 e. The second-order valence-electron chi connectivity index (χ2n) is 7.73. The molecule has 1 heterocycles. The lowest BCUT2D eigenvalue weighted by Gasteiger charge is -2.18. The summed E-state index contributed by atoms with van der Waals surface area (Å²) in [6.45, 7) is 3.20. The molecule has 1 aliphatic rings. The zero-order valence-corrected chi connectivity index (χ0v) is 16.7. The molecule has 30 heavy (non-hydrogen) atoms. The Morgan fingerprint density at radius 3 is 2.43 bits per heavy atom. The molecule has 150 valence electrons. The van der Waals surface area contributed by atoms with Crippen molar-refractivity contribution in [3.05, 3.63) is 83.2 Å². The van der Waals surface area contributed by atoms with E-state index in [4.69, 9.17) is 11.0 Å². The van der Waals surface area contributed by atoms with E-state index in [0.717, 1.165) is 28.7 Å². The van der Waals surface area contributed by atoms with Crippen LogP contribution in [0.3, 0.4) is 0 Å². The minimum absolute atomic E-state index is 0.00563. The highest BCUT2D eigenvalue weighted by Crippen LogP contribution is 2.34. The molecular weight excluding hydrogens is 377 g/mol. The molecule has 0 spiro atoms. The first kappa shape index (κ1) is 19.8. The maximum atomic E-state index is 14.4. The third-order valence-electron chi connectivity index (χ3n) is 5.54. The Labute approximate surface area is 175 Å². The van der Waals surface area contributed by atoms with Gasteiger partial charge in [0.15, 0.2) is 0 Å². The molecular formula is C25H22FN3O. The van der Waals surface area contributed by atoms with E-state index < -0.39 is 5.82 Å². The summed E-state index contributed by atoms with van der Waals surface area (Å²) in [5.41, 5.74) is 10.9. The number of nitrogens with two attached hydrogens (primary N) is 1. The Bertz CT molecular complexity index is 1150. The topological polar surface area (TPSA) is 70.1 Å². The summed E-state index contributed by atoms with van der Waals surface area (Å²) in [6, 6.07) is 20.0. The number of halogens is 1. The van der Waals surface area contributed by atoms with E-state index in [1.165, 1.54) is 12.1 Å². The summed E-state index contributed by atoms with van der Waals surface area (Å²) < 4.78 is 14.4.